The van der Waals surface area contributed by atoms with Crippen LogP contribution in [0, 0.1) is 11.8 Å². The van der Waals surface area contributed by atoms with Crippen LogP contribution in [-0.4, -0.2) is 47.0 Å². The van der Waals surface area contributed by atoms with E-state index in [0.717, 1.165) is 12.1 Å². The Kier molecular flexibility index (Phi) is 4.04. The zero-order valence-corrected chi connectivity index (χ0v) is 15.4. The number of aliphatic hydroxyl groups is 1. The summed E-state index contributed by atoms with van der Waals surface area (Å²) in [5, 5.41) is 16.1. The monoisotopic (exact) mass is 400 g/mol. The highest BCUT2D eigenvalue weighted by atomic mass is 19.4. The van der Waals surface area contributed by atoms with E-state index < -0.39 is 29.9 Å². The number of hydrazone groups is 1. The molecule has 4 atom stereocenters. The predicted octanol–water partition coefficient (Wildman–Crippen LogP) is 2.60. The molecule has 2 aliphatic heterocycles. The average Bonchev–Trinajstić information content (AvgIpc) is 3.36. The summed E-state index contributed by atoms with van der Waals surface area (Å²) in [6.45, 7) is 3.30. The van der Waals surface area contributed by atoms with Crippen LogP contribution >= 0.6 is 0 Å². The molecule has 28 heavy (non-hydrogen) atoms. The van der Waals surface area contributed by atoms with Gasteiger partial charge in [-0.15, -0.1) is 18.3 Å². The van der Waals surface area contributed by atoms with Crippen molar-refractivity contribution in [2.75, 3.05) is 7.05 Å². The number of halogens is 3. The van der Waals surface area contributed by atoms with Gasteiger partial charge >= 0.3 is 6.36 Å². The fraction of sp³-hybridized carbons (Fsp3) is 0.556. The number of benzene rings is 1. The summed E-state index contributed by atoms with van der Waals surface area (Å²) >= 11 is 0. The van der Waals surface area contributed by atoms with Crippen LogP contribution in [0.5, 0.6) is 11.5 Å². The van der Waals surface area contributed by atoms with E-state index in [1.54, 1.807) is 13.8 Å². The summed E-state index contributed by atoms with van der Waals surface area (Å²) in [4.78, 5) is 11.9. The van der Waals surface area contributed by atoms with Crippen LogP contribution < -0.4 is 9.47 Å². The Bertz CT molecular complexity index is 854. The van der Waals surface area contributed by atoms with E-state index in [-0.39, 0.29) is 35.0 Å². The lowest BCUT2D eigenvalue weighted by atomic mass is 9.88. The molecule has 1 N–H and O–H groups in total. The number of fused-ring (bicyclic) bond motifs is 2. The van der Waals surface area contributed by atoms with Gasteiger partial charge in [0.25, 0.3) is 0 Å². The molecule has 10 heteroatoms. The predicted molar refractivity (Wildman–Crippen MR) is 89.5 cm³/mol. The zero-order chi connectivity index (χ0) is 20.4. The Labute approximate surface area is 158 Å². The Morgan fingerprint density at radius 2 is 2.04 bits per heavy atom. The average molecular weight is 400 g/mol. The second kappa shape index (κ2) is 6.00. The minimum absolute atomic E-state index is 0.105. The molecule has 0 radical (unpaired) electrons. The van der Waals surface area contributed by atoms with Gasteiger partial charge in [-0.05, 0) is 38.5 Å². The zero-order valence-electron chi connectivity index (χ0n) is 15.4. The second-order valence-electron chi connectivity index (χ2n) is 7.69. The number of hydrogen-bond donors (Lipinski definition) is 1. The molecule has 152 valence electrons. The van der Waals surface area contributed by atoms with Crippen molar-refractivity contribution in [3.8, 4) is 11.5 Å². The smallest absolute Gasteiger partial charge is 0.485 e. The minimum Gasteiger partial charge on any atom is -0.485 e. The first kappa shape index (κ1) is 18.9. The number of carbonyl (C=O) groups is 1. The Morgan fingerprint density at radius 3 is 2.71 bits per heavy atom. The van der Waals surface area contributed by atoms with E-state index in [9.17, 15) is 23.1 Å². The SMILES string of the molecule is CN1N=C(OC2c3cc(OC(F)(F)F)ccc3OC(C)(C)C2O)C2CC2C1=O. The quantitative estimate of drug-likeness (QED) is 0.826. The van der Waals surface area contributed by atoms with Crippen LogP contribution in [0.3, 0.4) is 0 Å². The third kappa shape index (κ3) is 3.25. The van der Waals surface area contributed by atoms with Crippen LogP contribution in [0.25, 0.3) is 0 Å². The van der Waals surface area contributed by atoms with Gasteiger partial charge in [-0.1, -0.05) is 0 Å². The number of amides is 1. The van der Waals surface area contributed by atoms with Gasteiger partial charge in [0.05, 0.1) is 5.92 Å². The van der Waals surface area contributed by atoms with Gasteiger partial charge in [-0.25, -0.2) is 5.01 Å². The number of aliphatic hydroxyl groups excluding tert-OH is 1. The van der Waals surface area contributed by atoms with E-state index in [1.165, 1.54) is 18.1 Å². The molecule has 4 rings (SSSR count). The van der Waals surface area contributed by atoms with Gasteiger partial charge < -0.3 is 19.3 Å². The molecule has 0 aromatic heterocycles. The lowest BCUT2D eigenvalue weighted by Crippen LogP contribution is -2.50. The summed E-state index contributed by atoms with van der Waals surface area (Å²) < 4.78 is 53.4. The van der Waals surface area contributed by atoms with Gasteiger partial charge in [-0.3, -0.25) is 4.79 Å². The molecular weight excluding hydrogens is 381 g/mol. The van der Waals surface area contributed by atoms with Gasteiger partial charge in [0.1, 0.15) is 23.2 Å². The Hall–Kier alpha value is -2.49. The Morgan fingerprint density at radius 1 is 1.32 bits per heavy atom. The first-order valence-electron chi connectivity index (χ1n) is 8.76. The number of hydrogen-bond acceptors (Lipinski definition) is 6. The first-order chi connectivity index (χ1) is 13.0. The number of rotatable bonds is 2. The van der Waals surface area contributed by atoms with E-state index in [2.05, 4.69) is 9.84 Å². The normalized spacial score (nSPS) is 30.6. The highest BCUT2D eigenvalue weighted by molar-refractivity contribution is 5.96. The van der Waals surface area contributed by atoms with Crippen LogP contribution in [0.2, 0.25) is 0 Å². The van der Waals surface area contributed by atoms with Gasteiger partial charge in [0, 0.05) is 18.5 Å². The van der Waals surface area contributed by atoms with Crippen LogP contribution in [0.1, 0.15) is 31.9 Å². The maximum absolute atomic E-state index is 12.6. The van der Waals surface area contributed by atoms with Crippen molar-refractivity contribution in [1.82, 2.24) is 5.01 Å². The summed E-state index contributed by atoms with van der Waals surface area (Å²) in [7, 11) is 1.51. The lowest BCUT2D eigenvalue weighted by molar-refractivity contribution is -0.274. The molecule has 1 fully saturated rings. The standard InChI is InChI=1S/C18H19F3N2O5/c1-17(2)14(24)13(26-15-9-7-10(9)16(25)23(3)22-15)11-6-8(27-18(19,20)21)4-5-12(11)28-17/h4-6,9-10,13-14,24H,7H2,1-3H3. The molecule has 2 heterocycles. The van der Waals surface area contributed by atoms with Crippen LogP contribution in [0.4, 0.5) is 13.2 Å². The molecule has 1 aromatic carbocycles. The minimum atomic E-state index is -4.85. The molecule has 7 nitrogen and oxygen atoms in total. The van der Waals surface area contributed by atoms with E-state index in [1.807, 2.05) is 0 Å². The van der Waals surface area contributed by atoms with Crippen molar-refractivity contribution in [3.05, 3.63) is 23.8 Å². The van der Waals surface area contributed by atoms with E-state index in [4.69, 9.17) is 9.47 Å². The van der Waals surface area contributed by atoms with Crippen molar-refractivity contribution in [2.45, 2.75) is 44.4 Å². The summed E-state index contributed by atoms with van der Waals surface area (Å²) in [6.07, 6.45) is -6.48. The fourth-order valence-electron chi connectivity index (χ4n) is 3.54. The van der Waals surface area contributed by atoms with Crippen molar-refractivity contribution >= 4 is 11.8 Å². The van der Waals surface area contributed by atoms with Gasteiger partial charge in [0.15, 0.2) is 6.10 Å². The molecule has 0 saturated heterocycles. The van der Waals surface area contributed by atoms with Crippen LogP contribution in [-0.2, 0) is 9.53 Å². The molecule has 1 aromatic rings. The second-order valence-corrected chi connectivity index (χ2v) is 7.69. The Balaban J connectivity index is 1.69. The molecule has 3 aliphatic rings. The van der Waals surface area contributed by atoms with Gasteiger partial charge in [0.2, 0.25) is 11.8 Å². The maximum Gasteiger partial charge on any atom is 0.573 e. The number of carbonyl (C=O) groups excluding carboxylic acids is 1. The largest absolute Gasteiger partial charge is 0.573 e. The fourth-order valence-corrected chi connectivity index (χ4v) is 3.54. The molecule has 1 aliphatic carbocycles. The topological polar surface area (TPSA) is 80.6 Å². The van der Waals surface area contributed by atoms with Crippen molar-refractivity contribution in [3.63, 3.8) is 0 Å². The third-order valence-electron chi connectivity index (χ3n) is 5.13. The molecule has 1 saturated carbocycles. The van der Waals surface area contributed by atoms with Crippen LogP contribution in [0.15, 0.2) is 23.3 Å². The summed E-state index contributed by atoms with van der Waals surface area (Å²) in [5.74, 6) is -0.379. The number of ether oxygens (including phenoxy) is 3. The molecule has 4 unspecified atom stereocenters. The lowest BCUT2D eigenvalue weighted by Gasteiger charge is -2.42. The van der Waals surface area contributed by atoms with E-state index >= 15 is 0 Å². The van der Waals surface area contributed by atoms with Crippen molar-refractivity contribution in [2.24, 2.45) is 16.9 Å². The number of nitrogens with zero attached hydrogens (tertiary/aromatic N) is 2. The highest BCUT2D eigenvalue weighted by Gasteiger charge is 2.54. The molecule has 0 spiro atoms. The van der Waals surface area contributed by atoms with Crippen molar-refractivity contribution < 1.29 is 37.3 Å². The maximum atomic E-state index is 12.6. The summed E-state index contributed by atoms with van der Waals surface area (Å²) in [6, 6.07) is 3.62. The van der Waals surface area contributed by atoms with Crippen molar-refractivity contribution in [1.29, 1.82) is 0 Å². The highest BCUT2D eigenvalue weighted by Crippen LogP contribution is 2.48. The molecular formula is C18H19F3N2O5. The first-order valence-corrected chi connectivity index (χ1v) is 8.76. The summed E-state index contributed by atoms with van der Waals surface area (Å²) in [5.41, 5.74) is -0.836. The van der Waals surface area contributed by atoms with Gasteiger partial charge in [-0.2, -0.15) is 0 Å². The molecule has 0 bridgehead atoms. The van der Waals surface area contributed by atoms with E-state index in [0.29, 0.717) is 6.42 Å². The molecule has 1 amide bonds. The number of alkyl halides is 3. The third-order valence-corrected chi connectivity index (χ3v) is 5.13.